The molecule has 1 heterocycles. The highest BCUT2D eigenvalue weighted by molar-refractivity contribution is 7.91. The number of hydrogen-bond acceptors (Lipinski definition) is 4. The first-order valence-corrected chi connectivity index (χ1v) is 5.29. The van der Waals surface area contributed by atoms with Gasteiger partial charge < -0.3 is 0 Å². The molecule has 1 fully saturated rings. The quantitative estimate of drug-likeness (QED) is 0.626. The van der Waals surface area contributed by atoms with Crippen LogP contribution in [0.3, 0.4) is 0 Å². The third kappa shape index (κ3) is 1.96. The minimum Gasteiger partial charge on any atom is -0.273 e. The van der Waals surface area contributed by atoms with Crippen molar-refractivity contribution in [1.29, 1.82) is 0 Å². The predicted octanol–water partition coefficient (Wildman–Crippen LogP) is 0.375. The van der Waals surface area contributed by atoms with Crippen molar-refractivity contribution in [2.75, 3.05) is 0 Å². The van der Waals surface area contributed by atoms with Gasteiger partial charge in [-0.3, -0.25) is 9.59 Å². The standard InChI is InChI=1S/C6H6F3NO4S/c7-6(8,9)15(13,14)10-4(11)2-1-3-5(10)12/h1-3H2. The summed E-state index contributed by atoms with van der Waals surface area (Å²) in [6.45, 7) is 0. The maximum absolute atomic E-state index is 12.0. The van der Waals surface area contributed by atoms with Crippen LogP contribution in [0.15, 0.2) is 0 Å². The second-order valence-electron chi connectivity index (χ2n) is 2.86. The Kier molecular flexibility index (Phi) is 2.77. The van der Waals surface area contributed by atoms with Crippen LogP contribution < -0.4 is 0 Å². The van der Waals surface area contributed by atoms with Crippen LogP contribution in [0.5, 0.6) is 0 Å². The highest BCUT2D eigenvalue weighted by atomic mass is 32.2. The second kappa shape index (κ2) is 3.47. The lowest BCUT2D eigenvalue weighted by Crippen LogP contribution is -2.49. The van der Waals surface area contributed by atoms with Gasteiger partial charge in [0.2, 0.25) is 11.8 Å². The van der Waals surface area contributed by atoms with E-state index >= 15 is 0 Å². The van der Waals surface area contributed by atoms with E-state index in [-0.39, 0.29) is 19.3 Å². The molecule has 0 aromatic rings. The van der Waals surface area contributed by atoms with Gasteiger partial charge in [-0.2, -0.15) is 25.9 Å². The smallest absolute Gasteiger partial charge is 0.273 e. The van der Waals surface area contributed by atoms with E-state index in [1.54, 1.807) is 0 Å². The molecule has 0 atom stereocenters. The summed E-state index contributed by atoms with van der Waals surface area (Å²) in [7, 11) is -5.86. The van der Waals surface area contributed by atoms with E-state index in [1.807, 2.05) is 0 Å². The molecule has 5 nitrogen and oxygen atoms in total. The van der Waals surface area contributed by atoms with E-state index in [0.29, 0.717) is 0 Å². The van der Waals surface area contributed by atoms with Crippen molar-refractivity contribution in [3.63, 3.8) is 0 Å². The van der Waals surface area contributed by atoms with E-state index < -0.39 is 31.7 Å². The molecule has 0 spiro atoms. The molecule has 0 aromatic carbocycles. The fourth-order valence-electron chi connectivity index (χ4n) is 1.10. The Morgan fingerprint density at radius 1 is 1.07 bits per heavy atom. The van der Waals surface area contributed by atoms with Gasteiger partial charge in [-0.25, -0.2) is 0 Å². The lowest BCUT2D eigenvalue weighted by molar-refractivity contribution is -0.143. The zero-order valence-electron chi connectivity index (χ0n) is 7.24. The molecular weight excluding hydrogens is 239 g/mol. The van der Waals surface area contributed by atoms with Crippen molar-refractivity contribution in [2.45, 2.75) is 24.8 Å². The first-order chi connectivity index (χ1) is 6.68. The monoisotopic (exact) mass is 245 g/mol. The lowest BCUT2D eigenvalue weighted by Gasteiger charge is -2.24. The van der Waals surface area contributed by atoms with Crippen molar-refractivity contribution >= 4 is 21.8 Å². The van der Waals surface area contributed by atoms with Gasteiger partial charge in [-0.1, -0.05) is 0 Å². The van der Waals surface area contributed by atoms with Gasteiger partial charge in [-0.15, -0.1) is 0 Å². The number of hydrogen-bond donors (Lipinski definition) is 0. The molecule has 9 heteroatoms. The molecule has 1 saturated heterocycles. The van der Waals surface area contributed by atoms with Crippen molar-refractivity contribution in [3.8, 4) is 0 Å². The van der Waals surface area contributed by atoms with Crippen LogP contribution in [0.25, 0.3) is 0 Å². The summed E-state index contributed by atoms with van der Waals surface area (Å²) in [5, 5.41) is 0. The van der Waals surface area contributed by atoms with Crippen LogP contribution in [0, 0.1) is 0 Å². The number of alkyl halides is 3. The Morgan fingerprint density at radius 3 is 1.80 bits per heavy atom. The van der Waals surface area contributed by atoms with E-state index in [2.05, 4.69) is 0 Å². The molecule has 0 radical (unpaired) electrons. The highest BCUT2D eigenvalue weighted by Gasteiger charge is 2.54. The number of rotatable bonds is 1. The van der Waals surface area contributed by atoms with Crippen LogP contribution in [-0.4, -0.2) is 30.0 Å². The maximum atomic E-state index is 12.0. The Balaban J connectivity index is 3.16. The van der Waals surface area contributed by atoms with Crippen molar-refractivity contribution in [3.05, 3.63) is 0 Å². The number of piperidine rings is 1. The third-order valence-electron chi connectivity index (χ3n) is 1.77. The lowest BCUT2D eigenvalue weighted by atomic mass is 10.1. The number of carbonyl (C=O) groups is 2. The van der Waals surface area contributed by atoms with Gasteiger partial charge in [0, 0.05) is 12.8 Å². The molecular formula is C6H6F3NO4S. The largest absolute Gasteiger partial charge is 0.517 e. The second-order valence-corrected chi connectivity index (χ2v) is 4.63. The number of amides is 2. The van der Waals surface area contributed by atoms with E-state index in [0.717, 1.165) is 0 Å². The summed E-state index contributed by atoms with van der Waals surface area (Å²) >= 11 is 0. The molecule has 0 aliphatic carbocycles. The van der Waals surface area contributed by atoms with Crippen LogP contribution in [0.4, 0.5) is 13.2 Å². The molecule has 15 heavy (non-hydrogen) atoms. The van der Waals surface area contributed by atoms with Gasteiger partial charge in [0.05, 0.1) is 0 Å². The van der Waals surface area contributed by atoms with Gasteiger partial charge in [0.15, 0.2) is 0 Å². The number of nitrogens with zero attached hydrogens (tertiary/aromatic N) is 1. The predicted molar refractivity (Wildman–Crippen MR) is 40.7 cm³/mol. The summed E-state index contributed by atoms with van der Waals surface area (Å²) in [6, 6.07) is 0. The first-order valence-electron chi connectivity index (χ1n) is 3.85. The van der Waals surface area contributed by atoms with E-state index in [1.165, 1.54) is 0 Å². The van der Waals surface area contributed by atoms with Crippen molar-refractivity contribution < 1.29 is 31.2 Å². The molecule has 0 saturated carbocycles. The first kappa shape index (κ1) is 12.0. The summed E-state index contributed by atoms with van der Waals surface area (Å²) < 4.78 is 57.0. The topological polar surface area (TPSA) is 71.5 Å². The van der Waals surface area contributed by atoms with Crippen molar-refractivity contribution in [1.82, 2.24) is 4.31 Å². The Labute approximate surface area is 82.9 Å². The highest BCUT2D eigenvalue weighted by Crippen LogP contribution is 2.29. The molecule has 1 aliphatic heterocycles. The fraction of sp³-hybridized carbons (Fsp3) is 0.667. The Hall–Kier alpha value is -1.12. The van der Waals surface area contributed by atoms with Gasteiger partial charge in [-0.05, 0) is 6.42 Å². The molecule has 0 bridgehead atoms. The molecule has 2 amide bonds. The minimum atomic E-state index is -5.86. The summed E-state index contributed by atoms with van der Waals surface area (Å²) in [6.07, 6.45) is -0.677. The van der Waals surface area contributed by atoms with Crippen LogP contribution >= 0.6 is 0 Å². The Morgan fingerprint density at radius 2 is 1.47 bits per heavy atom. The zero-order chi connectivity index (χ0) is 11.9. The molecule has 86 valence electrons. The van der Waals surface area contributed by atoms with Gasteiger partial charge in [0.1, 0.15) is 0 Å². The summed E-state index contributed by atoms with van der Waals surface area (Å²) in [5.41, 5.74) is -5.63. The average Bonchev–Trinajstić information content (AvgIpc) is 2.00. The van der Waals surface area contributed by atoms with Gasteiger partial charge >= 0.3 is 15.5 Å². The normalized spacial score (nSPS) is 19.5. The van der Waals surface area contributed by atoms with Crippen LogP contribution in [0.2, 0.25) is 0 Å². The number of sulfonamides is 1. The molecule has 0 N–H and O–H groups in total. The van der Waals surface area contributed by atoms with E-state index in [9.17, 15) is 31.2 Å². The van der Waals surface area contributed by atoms with Crippen molar-refractivity contribution in [2.24, 2.45) is 0 Å². The summed E-state index contributed by atoms with van der Waals surface area (Å²) in [4.78, 5) is 21.8. The van der Waals surface area contributed by atoms with Crippen LogP contribution in [-0.2, 0) is 19.6 Å². The number of carbonyl (C=O) groups excluding carboxylic acids is 2. The maximum Gasteiger partial charge on any atom is 0.517 e. The minimum absolute atomic E-state index is 0.0710. The average molecular weight is 245 g/mol. The SMILES string of the molecule is O=C1CCCC(=O)N1S(=O)(=O)C(F)(F)F. The van der Waals surface area contributed by atoms with Gasteiger partial charge in [0.25, 0.3) is 0 Å². The number of halogens is 3. The number of imide groups is 1. The molecule has 1 rings (SSSR count). The molecule has 0 unspecified atom stereocenters. The van der Waals surface area contributed by atoms with Crippen LogP contribution in [0.1, 0.15) is 19.3 Å². The molecule has 1 aliphatic rings. The fourth-order valence-corrected chi connectivity index (χ4v) is 2.03. The zero-order valence-corrected chi connectivity index (χ0v) is 8.06. The third-order valence-corrected chi connectivity index (χ3v) is 3.24. The summed E-state index contributed by atoms with van der Waals surface area (Å²) in [5.74, 6) is -2.66. The Bertz CT molecular complexity index is 383. The van der Waals surface area contributed by atoms with E-state index in [4.69, 9.17) is 0 Å². The molecule has 0 aromatic heterocycles.